The van der Waals surface area contributed by atoms with Crippen molar-refractivity contribution in [3.05, 3.63) is 53.5 Å². The lowest BCUT2D eigenvalue weighted by Crippen LogP contribution is -2.08. The van der Waals surface area contributed by atoms with Gasteiger partial charge in [0.15, 0.2) is 0 Å². The predicted molar refractivity (Wildman–Crippen MR) is 84.2 cm³/mol. The molecular formula is C15H14ClNO2S. The summed E-state index contributed by atoms with van der Waals surface area (Å²) in [4.78, 5) is 12.9. The second kappa shape index (κ2) is 7.22. The third kappa shape index (κ3) is 4.18. The molecule has 104 valence electrons. The molecule has 0 aliphatic rings. The minimum absolute atomic E-state index is 0.221. The van der Waals surface area contributed by atoms with Crippen LogP contribution in [0.1, 0.15) is 12.7 Å². The van der Waals surface area contributed by atoms with Crippen LogP contribution in [0.3, 0.4) is 0 Å². The van der Waals surface area contributed by atoms with E-state index in [0.717, 1.165) is 16.3 Å². The number of benzene rings is 1. The first kappa shape index (κ1) is 14.8. The number of halogens is 1. The number of rotatable bonds is 5. The van der Waals surface area contributed by atoms with Crippen molar-refractivity contribution in [3.63, 3.8) is 0 Å². The maximum absolute atomic E-state index is 11.9. The molecule has 1 amide bonds. The van der Waals surface area contributed by atoms with Gasteiger partial charge >= 0.3 is 0 Å². The molecule has 1 aromatic heterocycles. The number of hydrogen-bond donors (Lipinski definition) is 1. The van der Waals surface area contributed by atoms with Gasteiger partial charge in [-0.25, -0.2) is 0 Å². The van der Waals surface area contributed by atoms with E-state index in [2.05, 4.69) is 12.2 Å². The van der Waals surface area contributed by atoms with Gasteiger partial charge in [0, 0.05) is 16.0 Å². The van der Waals surface area contributed by atoms with Gasteiger partial charge in [-0.15, -0.1) is 11.8 Å². The zero-order valence-electron chi connectivity index (χ0n) is 10.9. The monoisotopic (exact) mass is 307 g/mol. The number of furan rings is 1. The molecule has 0 saturated carbocycles. The maximum Gasteiger partial charge on any atom is 0.248 e. The SMILES string of the molecule is CCSc1ccc(Cl)cc1NC(=O)/C=C/c1ccco1. The van der Waals surface area contributed by atoms with Crippen LogP contribution in [0.15, 0.2) is 52.0 Å². The van der Waals surface area contributed by atoms with E-state index in [1.165, 1.54) is 6.08 Å². The van der Waals surface area contributed by atoms with Gasteiger partial charge in [-0.05, 0) is 42.2 Å². The Morgan fingerprint density at radius 1 is 1.45 bits per heavy atom. The smallest absolute Gasteiger partial charge is 0.248 e. The summed E-state index contributed by atoms with van der Waals surface area (Å²) in [5.41, 5.74) is 0.721. The first-order chi connectivity index (χ1) is 9.69. The van der Waals surface area contributed by atoms with Crippen LogP contribution >= 0.6 is 23.4 Å². The maximum atomic E-state index is 11.9. The van der Waals surface area contributed by atoms with Crippen molar-refractivity contribution in [2.75, 3.05) is 11.1 Å². The average molecular weight is 308 g/mol. The van der Waals surface area contributed by atoms with Crippen LogP contribution in [0.5, 0.6) is 0 Å². The number of carbonyl (C=O) groups is 1. The van der Waals surface area contributed by atoms with Gasteiger partial charge in [-0.2, -0.15) is 0 Å². The third-order valence-electron chi connectivity index (χ3n) is 2.44. The summed E-state index contributed by atoms with van der Waals surface area (Å²) in [6.45, 7) is 2.06. The summed E-state index contributed by atoms with van der Waals surface area (Å²) in [6.07, 6.45) is 4.61. The Morgan fingerprint density at radius 2 is 2.30 bits per heavy atom. The fourth-order valence-corrected chi connectivity index (χ4v) is 2.51. The van der Waals surface area contributed by atoms with Gasteiger partial charge in [0.2, 0.25) is 5.91 Å². The van der Waals surface area contributed by atoms with Gasteiger partial charge < -0.3 is 9.73 Å². The molecule has 2 rings (SSSR count). The minimum Gasteiger partial charge on any atom is -0.465 e. The molecule has 0 aliphatic heterocycles. The van der Waals surface area contributed by atoms with E-state index in [4.69, 9.17) is 16.0 Å². The van der Waals surface area contributed by atoms with Crippen molar-refractivity contribution in [2.24, 2.45) is 0 Å². The van der Waals surface area contributed by atoms with Gasteiger partial charge in [0.25, 0.3) is 0 Å². The zero-order chi connectivity index (χ0) is 14.4. The third-order valence-corrected chi connectivity index (χ3v) is 3.63. The fourth-order valence-electron chi connectivity index (χ4n) is 1.60. The lowest BCUT2D eigenvalue weighted by molar-refractivity contribution is -0.111. The standard InChI is InChI=1S/C15H14ClNO2S/c1-2-20-14-7-5-11(16)10-13(14)17-15(18)8-6-12-4-3-9-19-12/h3-10H,2H2,1H3,(H,17,18)/b8-6+. The molecule has 0 saturated heterocycles. The van der Waals surface area contributed by atoms with Crippen LogP contribution in [0.25, 0.3) is 6.08 Å². The van der Waals surface area contributed by atoms with Crippen LogP contribution in [-0.2, 0) is 4.79 Å². The lowest BCUT2D eigenvalue weighted by Gasteiger charge is -2.09. The number of amides is 1. The number of thioether (sulfide) groups is 1. The highest BCUT2D eigenvalue weighted by atomic mass is 35.5. The van der Waals surface area contributed by atoms with Crippen LogP contribution in [-0.4, -0.2) is 11.7 Å². The average Bonchev–Trinajstić information content (AvgIpc) is 2.93. The molecule has 0 bridgehead atoms. The van der Waals surface area contributed by atoms with E-state index < -0.39 is 0 Å². The van der Waals surface area contributed by atoms with E-state index >= 15 is 0 Å². The van der Waals surface area contributed by atoms with Crippen molar-refractivity contribution >= 4 is 41.0 Å². The second-order valence-corrected chi connectivity index (χ2v) is 5.65. The normalized spacial score (nSPS) is 10.9. The Kier molecular flexibility index (Phi) is 5.32. The quantitative estimate of drug-likeness (QED) is 0.643. The summed E-state index contributed by atoms with van der Waals surface area (Å²) in [5, 5.41) is 3.42. The molecule has 0 atom stereocenters. The molecule has 20 heavy (non-hydrogen) atoms. The highest BCUT2D eigenvalue weighted by Gasteiger charge is 2.06. The number of hydrogen-bond acceptors (Lipinski definition) is 3. The Bertz CT molecular complexity index is 608. The molecule has 3 nitrogen and oxygen atoms in total. The van der Waals surface area contributed by atoms with Crippen molar-refractivity contribution in [2.45, 2.75) is 11.8 Å². The van der Waals surface area contributed by atoms with E-state index in [1.54, 1.807) is 42.3 Å². The first-order valence-electron chi connectivity index (χ1n) is 6.14. The van der Waals surface area contributed by atoms with Gasteiger partial charge in [0.1, 0.15) is 5.76 Å². The van der Waals surface area contributed by atoms with Crippen molar-refractivity contribution < 1.29 is 9.21 Å². The number of nitrogens with one attached hydrogen (secondary N) is 1. The Morgan fingerprint density at radius 3 is 3.00 bits per heavy atom. The Labute approximate surface area is 127 Å². The molecule has 0 unspecified atom stereocenters. The fraction of sp³-hybridized carbons (Fsp3) is 0.133. The molecule has 0 fully saturated rings. The van der Waals surface area contributed by atoms with Crippen LogP contribution in [0.2, 0.25) is 5.02 Å². The predicted octanol–water partition coefficient (Wildman–Crippen LogP) is 4.70. The molecule has 5 heteroatoms. The molecule has 2 aromatic rings. The van der Waals surface area contributed by atoms with Crippen LogP contribution in [0.4, 0.5) is 5.69 Å². The summed E-state index contributed by atoms with van der Waals surface area (Å²) in [7, 11) is 0. The van der Waals surface area contributed by atoms with Gasteiger partial charge in [-0.1, -0.05) is 18.5 Å². The molecule has 0 aliphatic carbocycles. The highest BCUT2D eigenvalue weighted by molar-refractivity contribution is 7.99. The molecular weight excluding hydrogens is 294 g/mol. The zero-order valence-corrected chi connectivity index (χ0v) is 12.5. The van der Waals surface area contributed by atoms with Crippen molar-refractivity contribution in [3.8, 4) is 0 Å². The first-order valence-corrected chi connectivity index (χ1v) is 7.50. The molecule has 0 radical (unpaired) electrons. The summed E-state index contributed by atoms with van der Waals surface area (Å²) in [5.74, 6) is 1.34. The lowest BCUT2D eigenvalue weighted by atomic mass is 10.3. The molecule has 1 aromatic carbocycles. The van der Waals surface area contributed by atoms with Crippen molar-refractivity contribution in [1.29, 1.82) is 0 Å². The topological polar surface area (TPSA) is 42.2 Å². The summed E-state index contributed by atoms with van der Waals surface area (Å²) < 4.78 is 5.12. The van der Waals surface area contributed by atoms with Crippen LogP contribution < -0.4 is 5.32 Å². The van der Waals surface area contributed by atoms with E-state index in [0.29, 0.717) is 10.8 Å². The van der Waals surface area contributed by atoms with Crippen molar-refractivity contribution in [1.82, 2.24) is 0 Å². The Balaban J connectivity index is 2.08. The van der Waals surface area contributed by atoms with Gasteiger partial charge in [-0.3, -0.25) is 4.79 Å². The van der Waals surface area contributed by atoms with Gasteiger partial charge in [0.05, 0.1) is 12.0 Å². The Hall–Kier alpha value is -1.65. The molecule has 0 spiro atoms. The largest absolute Gasteiger partial charge is 0.465 e. The summed E-state index contributed by atoms with van der Waals surface area (Å²) in [6, 6.07) is 9.01. The second-order valence-electron chi connectivity index (χ2n) is 3.91. The molecule has 1 N–H and O–H groups in total. The van der Waals surface area contributed by atoms with E-state index in [1.807, 2.05) is 12.1 Å². The highest BCUT2D eigenvalue weighted by Crippen LogP contribution is 2.29. The van der Waals surface area contributed by atoms with Crippen LogP contribution in [0, 0.1) is 0 Å². The van der Waals surface area contributed by atoms with E-state index in [9.17, 15) is 4.79 Å². The number of anilines is 1. The summed E-state index contributed by atoms with van der Waals surface area (Å²) >= 11 is 7.62. The minimum atomic E-state index is -0.221. The van der Waals surface area contributed by atoms with E-state index in [-0.39, 0.29) is 5.91 Å². The number of carbonyl (C=O) groups excluding carboxylic acids is 1. The molecule has 1 heterocycles.